The van der Waals surface area contributed by atoms with Crippen molar-refractivity contribution in [2.75, 3.05) is 0 Å². The van der Waals surface area contributed by atoms with Crippen molar-refractivity contribution < 1.29 is 24.3 Å². The van der Waals surface area contributed by atoms with Crippen LogP contribution in [0.15, 0.2) is 47.0 Å². The van der Waals surface area contributed by atoms with E-state index < -0.39 is 11.6 Å². The van der Waals surface area contributed by atoms with Crippen LogP contribution in [0.1, 0.15) is 84.5 Å². The van der Waals surface area contributed by atoms with Gasteiger partial charge in [-0.1, -0.05) is 46.6 Å². The first-order valence-corrected chi connectivity index (χ1v) is 13.6. The standard InChI is InChI=1S/C29H29Cl2NO5/c30-21-5-2-6-22(31)23(21)25-24(26(37-32-25)18-7-8-18)29(35)15-28(16-29)11-9-20(10-12-28)36-14-17-3-1-4-19(13-17)27(33)34/h1-6,13,18,20,35H,7-12,14-16H2,(H,33,34). The summed E-state index contributed by atoms with van der Waals surface area (Å²) in [4.78, 5) is 11.2. The second kappa shape index (κ2) is 9.42. The fourth-order valence-electron chi connectivity index (χ4n) is 6.37. The molecule has 0 aliphatic heterocycles. The molecule has 3 aliphatic rings. The molecule has 0 atom stereocenters. The Morgan fingerprint density at radius 3 is 2.38 bits per heavy atom. The molecule has 2 N–H and O–H groups in total. The monoisotopic (exact) mass is 541 g/mol. The van der Waals surface area contributed by atoms with Gasteiger partial charge in [-0.2, -0.15) is 0 Å². The topological polar surface area (TPSA) is 92.8 Å². The number of carboxylic acid groups (broad SMARTS) is 1. The molecule has 3 saturated carbocycles. The molecule has 0 bridgehead atoms. The number of benzene rings is 2. The minimum absolute atomic E-state index is 0.0669. The van der Waals surface area contributed by atoms with Crippen LogP contribution < -0.4 is 0 Å². The van der Waals surface area contributed by atoms with E-state index in [-0.39, 0.29) is 17.1 Å². The Balaban J connectivity index is 1.14. The first-order chi connectivity index (χ1) is 17.8. The summed E-state index contributed by atoms with van der Waals surface area (Å²) < 4.78 is 12.0. The summed E-state index contributed by atoms with van der Waals surface area (Å²) in [5, 5.41) is 26.5. The number of aliphatic hydroxyl groups is 1. The van der Waals surface area contributed by atoms with Crippen molar-refractivity contribution >= 4 is 29.2 Å². The van der Waals surface area contributed by atoms with Gasteiger partial charge in [-0.25, -0.2) is 4.79 Å². The molecule has 3 aromatic rings. The van der Waals surface area contributed by atoms with Crippen molar-refractivity contribution in [3.8, 4) is 11.3 Å². The van der Waals surface area contributed by atoms with Crippen LogP contribution in [0.2, 0.25) is 10.0 Å². The van der Waals surface area contributed by atoms with E-state index in [4.69, 9.17) is 32.5 Å². The fourth-order valence-corrected chi connectivity index (χ4v) is 6.95. The Labute approximate surface area is 225 Å². The predicted molar refractivity (Wildman–Crippen MR) is 140 cm³/mol. The molecule has 1 spiro atoms. The number of hydrogen-bond acceptors (Lipinski definition) is 5. The average Bonchev–Trinajstić information content (AvgIpc) is 3.61. The quantitative estimate of drug-likeness (QED) is 0.324. The molecule has 3 aliphatic carbocycles. The highest BCUT2D eigenvalue weighted by Crippen LogP contribution is 2.64. The minimum atomic E-state index is -1.01. The van der Waals surface area contributed by atoms with Gasteiger partial charge in [-0.05, 0) is 86.6 Å². The van der Waals surface area contributed by atoms with E-state index in [1.807, 2.05) is 6.07 Å². The lowest BCUT2D eigenvalue weighted by molar-refractivity contribution is -0.162. The highest BCUT2D eigenvalue weighted by Gasteiger charge is 2.58. The van der Waals surface area contributed by atoms with Crippen molar-refractivity contribution in [1.82, 2.24) is 5.16 Å². The average molecular weight is 542 g/mol. The van der Waals surface area contributed by atoms with Crippen molar-refractivity contribution in [2.45, 2.75) is 75.6 Å². The third-order valence-electron chi connectivity index (χ3n) is 8.32. The molecule has 2 aromatic carbocycles. The van der Waals surface area contributed by atoms with Gasteiger partial charge in [0.15, 0.2) is 0 Å². The summed E-state index contributed by atoms with van der Waals surface area (Å²) in [5.74, 6) is 0.141. The predicted octanol–water partition coefficient (Wildman–Crippen LogP) is 7.35. The lowest BCUT2D eigenvalue weighted by Crippen LogP contribution is -2.52. The van der Waals surface area contributed by atoms with Crippen molar-refractivity contribution in [2.24, 2.45) is 5.41 Å². The Hall–Kier alpha value is -2.38. The molecule has 3 fully saturated rings. The molecule has 0 radical (unpaired) electrons. The van der Waals surface area contributed by atoms with Crippen molar-refractivity contribution in [3.05, 3.63) is 75.0 Å². The molecule has 0 saturated heterocycles. The smallest absolute Gasteiger partial charge is 0.335 e. The number of carboxylic acids is 1. The minimum Gasteiger partial charge on any atom is -0.478 e. The largest absolute Gasteiger partial charge is 0.478 e. The van der Waals surface area contributed by atoms with Gasteiger partial charge in [0.25, 0.3) is 0 Å². The van der Waals surface area contributed by atoms with Gasteiger partial charge in [-0.3, -0.25) is 0 Å². The first kappa shape index (κ1) is 24.9. The molecule has 1 aromatic heterocycles. The van der Waals surface area contributed by atoms with Crippen LogP contribution in [-0.2, 0) is 16.9 Å². The number of hydrogen-bond donors (Lipinski definition) is 2. The van der Waals surface area contributed by atoms with E-state index in [1.54, 1.807) is 36.4 Å². The summed E-state index contributed by atoms with van der Waals surface area (Å²) in [7, 11) is 0. The van der Waals surface area contributed by atoms with E-state index in [0.29, 0.717) is 46.7 Å². The lowest BCUT2D eigenvalue weighted by Gasteiger charge is -2.56. The van der Waals surface area contributed by atoms with E-state index in [0.717, 1.165) is 55.4 Å². The molecule has 194 valence electrons. The summed E-state index contributed by atoms with van der Waals surface area (Å²) in [5.41, 5.74) is 2.15. The maximum Gasteiger partial charge on any atom is 0.335 e. The van der Waals surface area contributed by atoms with Crippen LogP contribution in [0.3, 0.4) is 0 Å². The number of aromatic carboxylic acids is 1. The number of carbonyl (C=O) groups is 1. The number of aromatic nitrogens is 1. The summed E-state index contributed by atoms with van der Waals surface area (Å²) >= 11 is 13.0. The van der Waals surface area contributed by atoms with E-state index in [9.17, 15) is 15.0 Å². The number of nitrogens with zero attached hydrogens (tertiary/aromatic N) is 1. The van der Waals surface area contributed by atoms with E-state index >= 15 is 0 Å². The SMILES string of the molecule is O=C(O)c1cccc(COC2CCC3(CC2)CC(O)(c2c(-c4c(Cl)cccc4Cl)noc2C2CC2)C3)c1. The molecule has 1 heterocycles. The van der Waals surface area contributed by atoms with Gasteiger partial charge < -0.3 is 19.5 Å². The van der Waals surface area contributed by atoms with Gasteiger partial charge >= 0.3 is 5.97 Å². The normalized spacial score (nSPS) is 27.3. The lowest BCUT2D eigenvalue weighted by atomic mass is 9.51. The first-order valence-electron chi connectivity index (χ1n) is 12.9. The zero-order chi connectivity index (χ0) is 25.8. The van der Waals surface area contributed by atoms with Gasteiger partial charge in [0, 0.05) is 11.5 Å². The summed E-state index contributed by atoms with van der Waals surface area (Å²) in [6.07, 6.45) is 7.28. The number of ether oxygens (including phenoxy) is 1. The van der Waals surface area contributed by atoms with Gasteiger partial charge in [0.1, 0.15) is 11.5 Å². The third kappa shape index (κ3) is 4.69. The van der Waals surface area contributed by atoms with E-state index in [2.05, 4.69) is 5.16 Å². The Morgan fingerprint density at radius 2 is 1.73 bits per heavy atom. The van der Waals surface area contributed by atoms with E-state index in [1.165, 1.54) is 0 Å². The second-order valence-electron chi connectivity index (χ2n) is 11.0. The van der Waals surface area contributed by atoms with Crippen molar-refractivity contribution in [1.29, 1.82) is 0 Å². The van der Waals surface area contributed by atoms with Crippen LogP contribution >= 0.6 is 23.2 Å². The van der Waals surface area contributed by atoms with Crippen LogP contribution in [0.4, 0.5) is 0 Å². The Kier molecular flexibility index (Phi) is 6.35. The molecular weight excluding hydrogens is 513 g/mol. The number of halogens is 2. The molecule has 8 heteroatoms. The van der Waals surface area contributed by atoms with Crippen molar-refractivity contribution in [3.63, 3.8) is 0 Å². The van der Waals surface area contributed by atoms with Crippen LogP contribution in [0.5, 0.6) is 0 Å². The van der Waals surface area contributed by atoms with Gasteiger partial charge in [0.2, 0.25) is 0 Å². The molecular formula is C29H29Cl2NO5. The second-order valence-corrected chi connectivity index (χ2v) is 11.9. The molecule has 0 unspecified atom stereocenters. The maximum absolute atomic E-state index is 11.9. The van der Waals surface area contributed by atoms with Crippen LogP contribution in [0, 0.1) is 5.41 Å². The fraction of sp³-hybridized carbons (Fsp3) is 0.448. The molecule has 6 rings (SSSR count). The maximum atomic E-state index is 11.9. The zero-order valence-corrected chi connectivity index (χ0v) is 21.9. The van der Waals surface area contributed by atoms with Crippen LogP contribution in [0.25, 0.3) is 11.3 Å². The van der Waals surface area contributed by atoms with Crippen LogP contribution in [-0.4, -0.2) is 27.4 Å². The molecule has 6 nitrogen and oxygen atoms in total. The summed E-state index contributed by atoms with van der Waals surface area (Å²) in [6, 6.07) is 12.3. The Bertz CT molecular complexity index is 1310. The van der Waals surface area contributed by atoms with Gasteiger partial charge in [0.05, 0.1) is 39.5 Å². The van der Waals surface area contributed by atoms with Gasteiger partial charge in [-0.15, -0.1) is 0 Å². The summed E-state index contributed by atoms with van der Waals surface area (Å²) in [6.45, 7) is 0.399. The Morgan fingerprint density at radius 1 is 1.05 bits per heavy atom. The highest BCUT2D eigenvalue weighted by atomic mass is 35.5. The molecule has 0 amide bonds. The number of rotatable bonds is 7. The third-order valence-corrected chi connectivity index (χ3v) is 8.95. The zero-order valence-electron chi connectivity index (χ0n) is 20.4. The molecule has 37 heavy (non-hydrogen) atoms. The highest BCUT2D eigenvalue weighted by molar-refractivity contribution is 6.39.